The number of nitrogens with one attached hydrogen (secondary N) is 1. The van der Waals surface area contributed by atoms with E-state index in [-0.39, 0.29) is 18.3 Å². The van der Waals surface area contributed by atoms with Crippen LogP contribution in [0.2, 0.25) is 0 Å². The van der Waals surface area contributed by atoms with E-state index >= 15 is 0 Å². The highest BCUT2D eigenvalue weighted by atomic mass is 35.5. The normalized spacial score (nSPS) is 13.6. The molecule has 18 heavy (non-hydrogen) atoms. The Morgan fingerprint density at radius 3 is 2.56 bits per heavy atom. The van der Waals surface area contributed by atoms with Crippen LogP contribution in [0.3, 0.4) is 0 Å². The monoisotopic (exact) mass is 275 g/mol. The SMILES string of the molecule is CCCC(C)(N)C(=O)NCc1c(C)noc1C.Cl. The lowest BCUT2D eigenvalue weighted by Gasteiger charge is -2.22. The van der Waals surface area contributed by atoms with E-state index in [4.69, 9.17) is 10.3 Å². The molecule has 0 aliphatic carbocycles. The molecular formula is C12H22ClN3O2. The van der Waals surface area contributed by atoms with Crippen LogP contribution in [0.4, 0.5) is 0 Å². The van der Waals surface area contributed by atoms with Gasteiger partial charge in [0, 0.05) is 12.1 Å². The van der Waals surface area contributed by atoms with Gasteiger partial charge in [0.05, 0.1) is 11.2 Å². The van der Waals surface area contributed by atoms with Crippen molar-refractivity contribution in [3.8, 4) is 0 Å². The van der Waals surface area contributed by atoms with Crippen LogP contribution < -0.4 is 11.1 Å². The molecule has 0 aliphatic rings. The number of carbonyl (C=O) groups excluding carboxylic acids is 1. The summed E-state index contributed by atoms with van der Waals surface area (Å²) in [5.74, 6) is 0.594. The largest absolute Gasteiger partial charge is 0.361 e. The Morgan fingerprint density at radius 1 is 1.50 bits per heavy atom. The molecule has 1 unspecified atom stereocenters. The smallest absolute Gasteiger partial charge is 0.240 e. The summed E-state index contributed by atoms with van der Waals surface area (Å²) in [6, 6.07) is 0. The number of nitrogens with two attached hydrogens (primary N) is 1. The molecule has 3 N–H and O–H groups in total. The highest BCUT2D eigenvalue weighted by molar-refractivity contribution is 5.85. The summed E-state index contributed by atoms with van der Waals surface area (Å²) in [6.07, 6.45) is 1.55. The van der Waals surface area contributed by atoms with Crippen LogP contribution in [0.15, 0.2) is 4.52 Å². The van der Waals surface area contributed by atoms with Gasteiger partial charge in [-0.25, -0.2) is 0 Å². The fourth-order valence-corrected chi connectivity index (χ4v) is 1.76. The molecule has 0 saturated carbocycles. The predicted molar refractivity (Wildman–Crippen MR) is 72.6 cm³/mol. The third-order valence-corrected chi connectivity index (χ3v) is 2.89. The lowest BCUT2D eigenvalue weighted by Crippen LogP contribution is -2.51. The molecular weight excluding hydrogens is 254 g/mol. The zero-order valence-corrected chi connectivity index (χ0v) is 12.2. The van der Waals surface area contributed by atoms with Crippen LogP contribution >= 0.6 is 12.4 Å². The van der Waals surface area contributed by atoms with Crippen LogP contribution in [-0.2, 0) is 11.3 Å². The van der Waals surface area contributed by atoms with Crippen molar-refractivity contribution in [2.24, 2.45) is 5.73 Å². The van der Waals surface area contributed by atoms with Gasteiger partial charge in [-0.15, -0.1) is 12.4 Å². The van der Waals surface area contributed by atoms with Gasteiger partial charge in [0.25, 0.3) is 0 Å². The van der Waals surface area contributed by atoms with E-state index in [1.807, 2.05) is 20.8 Å². The second-order valence-corrected chi connectivity index (χ2v) is 4.65. The van der Waals surface area contributed by atoms with Gasteiger partial charge in [-0.1, -0.05) is 18.5 Å². The second-order valence-electron chi connectivity index (χ2n) is 4.65. The minimum absolute atomic E-state index is 0. The van der Waals surface area contributed by atoms with Crippen LogP contribution in [0, 0.1) is 13.8 Å². The first-order valence-electron chi connectivity index (χ1n) is 5.87. The summed E-state index contributed by atoms with van der Waals surface area (Å²) < 4.78 is 5.03. The van der Waals surface area contributed by atoms with Crippen molar-refractivity contribution in [3.63, 3.8) is 0 Å². The first-order valence-corrected chi connectivity index (χ1v) is 5.87. The third-order valence-electron chi connectivity index (χ3n) is 2.89. The van der Waals surface area contributed by atoms with Crippen molar-refractivity contribution in [1.82, 2.24) is 10.5 Å². The van der Waals surface area contributed by atoms with Crippen LogP contribution in [0.5, 0.6) is 0 Å². The number of aromatic nitrogens is 1. The number of carbonyl (C=O) groups is 1. The maximum absolute atomic E-state index is 11.9. The predicted octanol–water partition coefficient (Wildman–Crippen LogP) is 1.85. The molecule has 6 heteroatoms. The zero-order valence-electron chi connectivity index (χ0n) is 11.4. The average Bonchev–Trinajstić information content (AvgIpc) is 2.55. The Morgan fingerprint density at radius 2 is 2.11 bits per heavy atom. The van der Waals surface area contributed by atoms with Gasteiger partial charge in [0.15, 0.2) is 0 Å². The van der Waals surface area contributed by atoms with Gasteiger partial charge < -0.3 is 15.6 Å². The molecule has 1 aromatic heterocycles. The molecule has 1 aromatic rings. The Bertz CT molecular complexity index is 383. The van der Waals surface area contributed by atoms with Crippen molar-refractivity contribution in [2.45, 2.75) is 52.6 Å². The third kappa shape index (κ3) is 3.99. The van der Waals surface area contributed by atoms with Crippen molar-refractivity contribution < 1.29 is 9.32 Å². The molecule has 0 saturated heterocycles. The number of rotatable bonds is 5. The Hall–Kier alpha value is -1.07. The van der Waals surface area contributed by atoms with Gasteiger partial charge in [0.2, 0.25) is 5.91 Å². The molecule has 5 nitrogen and oxygen atoms in total. The van der Waals surface area contributed by atoms with E-state index in [1.54, 1.807) is 6.92 Å². The lowest BCUT2D eigenvalue weighted by atomic mass is 9.96. The molecule has 0 radical (unpaired) electrons. The maximum atomic E-state index is 11.9. The molecule has 1 heterocycles. The maximum Gasteiger partial charge on any atom is 0.240 e. The summed E-state index contributed by atoms with van der Waals surface area (Å²) in [4.78, 5) is 11.9. The average molecular weight is 276 g/mol. The lowest BCUT2D eigenvalue weighted by molar-refractivity contribution is -0.126. The van der Waals surface area contributed by atoms with Crippen molar-refractivity contribution in [1.29, 1.82) is 0 Å². The van der Waals surface area contributed by atoms with E-state index in [0.717, 1.165) is 23.4 Å². The van der Waals surface area contributed by atoms with Gasteiger partial charge in [-0.3, -0.25) is 4.79 Å². The van der Waals surface area contributed by atoms with Gasteiger partial charge in [0.1, 0.15) is 5.76 Å². The van der Waals surface area contributed by atoms with Crippen molar-refractivity contribution in [2.75, 3.05) is 0 Å². The van der Waals surface area contributed by atoms with E-state index < -0.39 is 5.54 Å². The first kappa shape index (κ1) is 16.9. The van der Waals surface area contributed by atoms with Crippen LogP contribution in [0.1, 0.15) is 43.7 Å². The van der Waals surface area contributed by atoms with E-state index in [1.165, 1.54) is 0 Å². The number of nitrogens with zero attached hydrogens (tertiary/aromatic N) is 1. The standard InChI is InChI=1S/C12H21N3O2.ClH/c1-5-6-12(4,13)11(16)14-7-10-8(2)15-17-9(10)3;/h5-7,13H2,1-4H3,(H,14,16);1H. The highest BCUT2D eigenvalue weighted by Gasteiger charge is 2.27. The quantitative estimate of drug-likeness (QED) is 0.859. The molecule has 1 rings (SSSR count). The second kappa shape index (κ2) is 6.75. The Balaban J connectivity index is 0.00000289. The number of hydrogen-bond donors (Lipinski definition) is 2. The van der Waals surface area contributed by atoms with Gasteiger partial charge in [-0.05, 0) is 27.2 Å². The van der Waals surface area contributed by atoms with E-state index in [9.17, 15) is 4.79 Å². The van der Waals surface area contributed by atoms with Crippen LogP contribution in [-0.4, -0.2) is 16.6 Å². The highest BCUT2D eigenvalue weighted by Crippen LogP contribution is 2.13. The Labute approximate surface area is 114 Å². The van der Waals surface area contributed by atoms with Gasteiger partial charge >= 0.3 is 0 Å². The fourth-order valence-electron chi connectivity index (χ4n) is 1.76. The molecule has 0 spiro atoms. The molecule has 0 aliphatic heterocycles. The summed E-state index contributed by atoms with van der Waals surface area (Å²) in [5, 5.41) is 6.66. The number of aryl methyl sites for hydroxylation is 2. The Kier molecular flexibility index (Phi) is 6.35. The van der Waals surface area contributed by atoms with Crippen LogP contribution in [0.25, 0.3) is 0 Å². The fraction of sp³-hybridized carbons (Fsp3) is 0.667. The molecule has 104 valence electrons. The van der Waals surface area contributed by atoms with Gasteiger partial charge in [-0.2, -0.15) is 0 Å². The number of halogens is 1. The number of hydrogen-bond acceptors (Lipinski definition) is 4. The molecule has 0 fully saturated rings. The molecule has 1 atom stereocenters. The zero-order chi connectivity index (χ0) is 13.1. The van der Waals surface area contributed by atoms with Crippen molar-refractivity contribution in [3.05, 3.63) is 17.0 Å². The minimum atomic E-state index is -0.812. The van der Waals surface area contributed by atoms with E-state index in [2.05, 4.69) is 10.5 Å². The summed E-state index contributed by atoms with van der Waals surface area (Å²) in [7, 11) is 0. The topological polar surface area (TPSA) is 81.2 Å². The summed E-state index contributed by atoms with van der Waals surface area (Å²) in [5.41, 5.74) is 6.85. The first-order chi connectivity index (χ1) is 7.88. The summed E-state index contributed by atoms with van der Waals surface area (Å²) in [6.45, 7) is 7.85. The summed E-state index contributed by atoms with van der Waals surface area (Å²) >= 11 is 0. The number of amides is 1. The molecule has 1 amide bonds. The van der Waals surface area contributed by atoms with E-state index in [0.29, 0.717) is 13.0 Å². The molecule has 0 aromatic carbocycles. The molecule has 0 bridgehead atoms. The minimum Gasteiger partial charge on any atom is -0.361 e. The van der Waals surface area contributed by atoms with Crippen molar-refractivity contribution >= 4 is 18.3 Å².